The fraction of sp³-hybridized carbons (Fsp3) is 0.300. The van der Waals surface area contributed by atoms with Crippen molar-refractivity contribution in [2.75, 3.05) is 6.54 Å². The number of hydrogen-bond donors (Lipinski definition) is 2. The molecular weight excluding hydrogens is 246 g/mol. The van der Waals surface area contributed by atoms with Crippen LogP contribution in [0.25, 0.3) is 0 Å². The average Bonchev–Trinajstić information content (AvgIpc) is 2.14. The van der Waals surface area contributed by atoms with E-state index in [4.69, 9.17) is 5.73 Å². The van der Waals surface area contributed by atoms with Gasteiger partial charge < -0.3 is 10.8 Å². The number of carbonyl (C=O) groups excluding carboxylic acids is 1. The highest BCUT2D eigenvalue weighted by Crippen LogP contribution is 2.33. The van der Waals surface area contributed by atoms with E-state index >= 15 is 0 Å². The van der Waals surface area contributed by atoms with Crippen molar-refractivity contribution in [3.8, 4) is 5.75 Å². The third-order valence-electron chi connectivity index (χ3n) is 2.08. The van der Waals surface area contributed by atoms with E-state index in [1.165, 1.54) is 0 Å². The molecule has 3 nitrogen and oxygen atoms in total. The Morgan fingerprint density at radius 2 is 2.07 bits per heavy atom. The molecule has 0 aliphatic rings. The molecular formula is C10H12BrNO2. The van der Waals surface area contributed by atoms with E-state index in [1.807, 2.05) is 13.0 Å². The van der Waals surface area contributed by atoms with Crippen molar-refractivity contribution in [2.45, 2.75) is 13.8 Å². The van der Waals surface area contributed by atoms with Crippen LogP contribution in [0.2, 0.25) is 0 Å². The molecule has 0 fully saturated rings. The molecule has 0 aliphatic carbocycles. The summed E-state index contributed by atoms with van der Waals surface area (Å²) in [6, 6.07) is 1.84. The van der Waals surface area contributed by atoms with E-state index in [-0.39, 0.29) is 18.1 Å². The highest BCUT2D eigenvalue weighted by atomic mass is 79.9. The fourth-order valence-corrected chi connectivity index (χ4v) is 1.71. The minimum absolute atomic E-state index is 0.0158. The molecule has 0 aliphatic heterocycles. The SMILES string of the molecule is Cc1cc(C)c(C(=O)CN)c(O)c1Br. The topological polar surface area (TPSA) is 63.3 Å². The van der Waals surface area contributed by atoms with Gasteiger partial charge in [-0.05, 0) is 40.9 Å². The van der Waals surface area contributed by atoms with Crippen molar-refractivity contribution in [2.24, 2.45) is 5.73 Å². The molecule has 0 bridgehead atoms. The molecule has 1 aromatic carbocycles. The number of ketones is 1. The van der Waals surface area contributed by atoms with E-state index in [9.17, 15) is 9.90 Å². The lowest BCUT2D eigenvalue weighted by molar-refractivity contribution is 0.0998. The quantitative estimate of drug-likeness (QED) is 0.796. The number of hydrogen-bond acceptors (Lipinski definition) is 3. The lowest BCUT2D eigenvalue weighted by Gasteiger charge is -2.10. The van der Waals surface area contributed by atoms with Gasteiger partial charge in [-0.1, -0.05) is 6.07 Å². The smallest absolute Gasteiger partial charge is 0.180 e. The van der Waals surface area contributed by atoms with E-state index in [0.717, 1.165) is 11.1 Å². The highest BCUT2D eigenvalue weighted by Gasteiger charge is 2.16. The molecule has 0 atom stereocenters. The van der Waals surface area contributed by atoms with Crippen molar-refractivity contribution in [1.29, 1.82) is 0 Å². The summed E-state index contributed by atoms with van der Waals surface area (Å²) in [6.07, 6.45) is 0. The van der Waals surface area contributed by atoms with Gasteiger partial charge in [0, 0.05) is 0 Å². The summed E-state index contributed by atoms with van der Waals surface area (Å²) in [5, 5.41) is 9.74. The number of aromatic hydroxyl groups is 1. The van der Waals surface area contributed by atoms with Crippen molar-refractivity contribution in [3.05, 3.63) is 27.2 Å². The number of Topliss-reactive ketones (excluding diaryl/α,β-unsaturated/α-hetero) is 1. The number of phenols is 1. The van der Waals surface area contributed by atoms with Crippen molar-refractivity contribution in [1.82, 2.24) is 0 Å². The molecule has 14 heavy (non-hydrogen) atoms. The summed E-state index contributed by atoms with van der Waals surface area (Å²) in [4.78, 5) is 11.4. The van der Waals surface area contributed by atoms with Crippen LogP contribution in [0.5, 0.6) is 5.75 Å². The lowest BCUT2D eigenvalue weighted by Crippen LogP contribution is -2.15. The number of halogens is 1. The van der Waals surface area contributed by atoms with Crippen molar-refractivity contribution < 1.29 is 9.90 Å². The van der Waals surface area contributed by atoms with E-state index in [2.05, 4.69) is 15.9 Å². The van der Waals surface area contributed by atoms with Crippen LogP contribution in [-0.2, 0) is 0 Å². The Labute approximate surface area is 91.1 Å². The maximum Gasteiger partial charge on any atom is 0.180 e. The minimum Gasteiger partial charge on any atom is -0.506 e. The minimum atomic E-state index is -0.249. The van der Waals surface area contributed by atoms with Crippen LogP contribution in [0.3, 0.4) is 0 Å². The molecule has 1 rings (SSSR count). The van der Waals surface area contributed by atoms with Crippen LogP contribution >= 0.6 is 15.9 Å². The maximum absolute atomic E-state index is 11.4. The van der Waals surface area contributed by atoms with Gasteiger partial charge in [-0.15, -0.1) is 0 Å². The van der Waals surface area contributed by atoms with Crippen LogP contribution in [-0.4, -0.2) is 17.4 Å². The van der Waals surface area contributed by atoms with Gasteiger partial charge in [0.1, 0.15) is 5.75 Å². The average molecular weight is 258 g/mol. The van der Waals surface area contributed by atoms with Gasteiger partial charge in [-0.3, -0.25) is 4.79 Å². The third-order valence-corrected chi connectivity index (χ3v) is 3.08. The zero-order valence-corrected chi connectivity index (χ0v) is 9.68. The van der Waals surface area contributed by atoms with Gasteiger partial charge in [0.15, 0.2) is 5.78 Å². The standard InChI is InChI=1S/C10H12BrNO2/c1-5-3-6(2)9(11)10(14)8(5)7(13)4-12/h3,14H,4,12H2,1-2H3. The van der Waals surface area contributed by atoms with Gasteiger partial charge in [-0.2, -0.15) is 0 Å². The van der Waals surface area contributed by atoms with Gasteiger partial charge in [0.05, 0.1) is 16.6 Å². The van der Waals surface area contributed by atoms with Crippen LogP contribution in [0.4, 0.5) is 0 Å². The molecule has 76 valence electrons. The summed E-state index contributed by atoms with van der Waals surface area (Å²) >= 11 is 3.22. The Morgan fingerprint density at radius 3 is 2.57 bits per heavy atom. The second-order valence-corrected chi connectivity index (χ2v) is 3.97. The van der Waals surface area contributed by atoms with Gasteiger partial charge in [0.2, 0.25) is 0 Å². The van der Waals surface area contributed by atoms with Crippen molar-refractivity contribution in [3.63, 3.8) is 0 Å². The second kappa shape index (κ2) is 4.11. The van der Waals surface area contributed by atoms with Gasteiger partial charge in [-0.25, -0.2) is 0 Å². The highest BCUT2D eigenvalue weighted by molar-refractivity contribution is 9.10. The Bertz CT molecular complexity index is 388. The number of aryl methyl sites for hydroxylation is 2. The molecule has 0 radical (unpaired) electrons. The summed E-state index contributed by atoms with van der Waals surface area (Å²) in [7, 11) is 0. The first-order valence-corrected chi connectivity index (χ1v) is 5.00. The van der Waals surface area contributed by atoms with E-state index in [0.29, 0.717) is 10.0 Å². The lowest BCUT2D eigenvalue weighted by atomic mass is 10.0. The molecule has 0 saturated carbocycles. The number of benzene rings is 1. The normalized spacial score (nSPS) is 10.3. The van der Waals surface area contributed by atoms with Crippen LogP contribution in [0, 0.1) is 13.8 Å². The number of nitrogens with two attached hydrogens (primary N) is 1. The molecule has 0 amide bonds. The fourth-order valence-electron chi connectivity index (χ4n) is 1.40. The monoisotopic (exact) mass is 257 g/mol. The molecule has 0 heterocycles. The summed E-state index contributed by atoms with van der Waals surface area (Å²) in [5.74, 6) is -0.265. The zero-order chi connectivity index (χ0) is 10.9. The summed E-state index contributed by atoms with van der Waals surface area (Å²) in [6.45, 7) is 3.54. The number of carbonyl (C=O) groups is 1. The molecule has 1 aromatic rings. The number of phenolic OH excluding ortho intramolecular Hbond substituents is 1. The Balaban J connectivity index is 3.44. The Morgan fingerprint density at radius 1 is 1.50 bits per heavy atom. The molecule has 0 aromatic heterocycles. The van der Waals surface area contributed by atoms with Crippen LogP contribution < -0.4 is 5.73 Å². The first-order valence-electron chi connectivity index (χ1n) is 4.21. The van der Waals surface area contributed by atoms with Crippen LogP contribution in [0.15, 0.2) is 10.5 Å². The maximum atomic E-state index is 11.4. The number of rotatable bonds is 2. The second-order valence-electron chi connectivity index (χ2n) is 3.18. The Kier molecular flexibility index (Phi) is 3.29. The molecule has 4 heteroatoms. The molecule has 3 N–H and O–H groups in total. The molecule has 0 spiro atoms. The molecule has 0 unspecified atom stereocenters. The summed E-state index contributed by atoms with van der Waals surface area (Å²) in [5.41, 5.74) is 7.21. The van der Waals surface area contributed by atoms with E-state index in [1.54, 1.807) is 6.92 Å². The predicted octanol–water partition coefficient (Wildman–Crippen LogP) is 1.91. The summed E-state index contributed by atoms with van der Waals surface area (Å²) < 4.78 is 0.555. The van der Waals surface area contributed by atoms with Gasteiger partial charge in [0.25, 0.3) is 0 Å². The third kappa shape index (κ3) is 1.81. The molecule has 0 saturated heterocycles. The van der Waals surface area contributed by atoms with E-state index < -0.39 is 0 Å². The van der Waals surface area contributed by atoms with Crippen LogP contribution in [0.1, 0.15) is 21.5 Å². The van der Waals surface area contributed by atoms with Crippen molar-refractivity contribution >= 4 is 21.7 Å². The van der Waals surface area contributed by atoms with Gasteiger partial charge >= 0.3 is 0 Å². The first kappa shape index (κ1) is 11.2. The predicted molar refractivity (Wildman–Crippen MR) is 58.7 cm³/mol. The Hall–Kier alpha value is -0.870. The zero-order valence-electron chi connectivity index (χ0n) is 8.10. The first-order chi connectivity index (χ1) is 6.49. The largest absolute Gasteiger partial charge is 0.506 e.